The number of benzene rings is 2. The van der Waals surface area contributed by atoms with Crippen LogP contribution in [0.25, 0.3) is 0 Å². The number of para-hydroxylation sites is 2. The van der Waals surface area contributed by atoms with Crippen molar-refractivity contribution in [3.05, 3.63) is 60.7 Å². The third-order valence-electron chi connectivity index (χ3n) is 5.33. The summed E-state index contributed by atoms with van der Waals surface area (Å²) in [5, 5.41) is 43.8. The van der Waals surface area contributed by atoms with Gasteiger partial charge in [-0.25, -0.2) is 0 Å². The molecule has 0 saturated carbocycles. The van der Waals surface area contributed by atoms with E-state index in [1.54, 1.807) is 36.4 Å². The van der Waals surface area contributed by atoms with Crippen molar-refractivity contribution in [1.29, 1.82) is 0 Å². The number of nitrogens with two attached hydrogens (primary N) is 2. The van der Waals surface area contributed by atoms with Crippen LogP contribution in [-0.4, -0.2) is 71.7 Å². The highest BCUT2D eigenvalue weighted by molar-refractivity contribution is 5.71. The molecule has 2 heterocycles. The number of ether oxygens (including phenoxy) is 2. The maximum Gasteiger partial charge on any atom is 0.187 e. The van der Waals surface area contributed by atoms with Gasteiger partial charge in [0.2, 0.25) is 0 Å². The molecule has 0 aromatic heterocycles. The quantitative estimate of drug-likeness (QED) is 0.341. The first kappa shape index (κ1) is 23.5. The Bertz CT molecular complexity index is 882. The highest BCUT2D eigenvalue weighted by Crippen LogP contribution is 2.16. The number of aliphatic hydroxyl groups is 2. The Morgan fingerprint density at radius 3 is 1.78 bits per heavy atom. The minimum Gasteiger partial charge on any atom is -0.544 e. The molecule has 2 aromatic carbocycles. The van der Waals surface area contributed by atoms with Gasteiger partial charge in [-0.3, -0.25) is 0 Å². The lowest BCUT2D eigenvalue weighted by molar-refractivity contribution is -0.669. The number of rotatable bonds is 6. The second-order valence-electron chi connectivity index (χ2n) is 7.56. The third kappa shape index (κ3) is 5.95. The lowest BCUT2D eigenvalue weighted by atomic mass is 10.1. The van der Waals surface area contributed by atoms with Crippen LogP contribution in [0, 0.1) is 0 Å². The van der Waals surface area contributed by atoms with Gasteiger partial charge in [-0.15, -0.1) is 0 Å². The van der Waals surface area contributed by atoms with E-state index in [1.807, 2.05) is 24.3 Å². The van der Waals surface area contributed by atoms with Crippen LogP contribution < -0.4 is 30.3 Å². The maximum atomic E-state index is 10.8. The zero-order chi connectivity index (χ0) is 23.1. The first-order valence-electron chi connectivity index (χ1n) is 10.2. The molecule has 0 bridgehead atoms. The molecule has 6 N–H and O–H groups in total. The molecule has 10 heteroatoms. The van der Waals surface area contributed by atoms with Gasteiger partial charge in [-0.2, -0.15) is 0 Å². The zero-order valence-corrected chi connectivity index (χ0v) is 17.2. The van der Waals surface area contributed by atoms with Gasteiger partial charge in [-0.05, 0) is 24.3 Å². The van der Waals surface area contributed by atoms with Crippen LogP contribution in [0.4, 0.5) is 0 Å². The van der Waals surface area contributed by atoms with Crippen molar-refractivity contribution in [2.45, 2.75) is 36.5 Å². The van der Waals surface area contributed by atoms with Gasteiger partial charge in [0.05, 0.1) is 0 Å². The van der Waals surface area contributed by atoms with Gasteiger partial charge in [0.25, 0.3) is 0 Å². The molecule has 2 aliphatic rings. The van der Waals surface area contributed by atoms with Gasteiger partial charge < -0.3 is 50.1 Å². The van der Waals surface area contributed by atoms with E-state index in [2.05, 4.69) is 0 Å². The van der Waals surface area contributed by atoms with Crippen molar-refractivity contribution in [2.24, 2.45) is 0 Å². The van der Waals surface area contributed by atoms with Crippen molar-refractivity contribution < 1.29 is 50.1 Å². The molecule has 0 unspecified atom stereocenters. The first-order valence-corrected chi connectivity index (χ1v) is 10.2. The number of carbonyl (C=O) groups excluding carboxylic acids is 2. The van der Waals surface area contributed by atoms with Gasteiger partial charge in [0.1, 0.15) is 42.6 Å². The molecule has 172 valence electrons. The molecule has 0 aliphatic carbocycles. The van der Waals surface area contributed by atoms with Crippen LogP contribution in [0.2, 0.25) is 0 Å². The number of hydrogen-bond donors (Lipinski definition) is 4. The fourth-order valence-electron chi connectivity index (χ4n) is 3.65. The van der Waals surface area contributed by atoms with Crippen LogP contribution in [0.5, 0.6) is 11.5 Å². The monoisotopic (exact) mass is 446 g/mol. The highest BCUT2D eigenvalue weighted by atomic mass is 16.5. The Balaban J connectivity index is 0.000000181. The smallest absolute Gasteiger partial charge is 0.187 e. The molecular weight excluding hydrogens is 420 g/mol. The summed E-state index contributed by atoms with van der Waals surface area (Å²) in [5.41, 5.74) is 0. The average molecular weight is 446 g/mol. The summed E-state index contributed by atoms with van der Waals surface area (Å²) in [4.78, 5) is 21.5. The van der Waals surface area contributed by atoms with Crippen LogP contribution in [0.1, 0.15) is 0 Å². The molecule has 2 saturated heterocycles. The lowest BCUT2D eigenvalue weighted by Gasteiger charge is -2.20. The van der Waals surface area contributed by atoms with Crippen molar-refractivity contribution in [1.82, 2.24) is 0 Å². The SMILES string of the molecule is O=C([O-])[C@H]1[NH2+]C[C@@H](Oc2ccccc2)[C@@H]1O.O=C([O-])[C@H]1[NH2+]C[C@H](O)[C@H]1Oc1ccccc1. The third-order valence-corrected chi connectivity index (χ3v) is 5.33. The molecule has 0 spiro atoms. The normalized spacial score (nSPS) is 28.9. The molecule has 0 radical (unpaired) electrons. The minimum absolute atomic E-state index is 0.316. The summed E-state index contributed by atoms with van der Waals surface area (Å²) in [6.07, 6.45) is -3.09. The van der Waals surface area contributed by atoms with E-state index in [9.17, 15) is 30.0 Å². The van der Waals surface area contributed by atoms with Gasteiger partial charge in [0.15, 0.2) is 30.4 Å². The number of hydrogen-bond acceptors (Lipinski definition) is 8. The standard InChI is InChI=1S/2C11H13NO4/c13-10-8(6-12-9(10)11(14)15)16-7-4-2-1-3-5-7;13-8-6-12-9(11(14)15)10(8)16-7-4-2-1-3-5-7/h2*1-5,8-10,12-13H,6H2,(H,14,15)/t8-,9+,10+;8-,9-,10+/m10/s1. The average Bonchev–Trinajstić information content (AvgIpc) is 3.33. The van der Waals surface area contributed by atoms with Crippen LogP contribution in [0.3, 0.4) is 0 Å². The fraction of sp³-hybridized carbons (Fsp3) is 0.364. The molecule has 10 nitrogen and oxygen atoms in total. The van der Waals surface area contributed by atoms with Crippen LogP contribution in [-0.2, 0) is 9.59 Å². The van der Waals surface area contributed by atoms with Crippen molar-refractivity contribution in [3.63, 3.8) is 0 Å². The number of carbonyl (C=O) groups is 2. The van der Waals surface area contributed by atoms with Crippen LogP contribution in [0.15, 0.2) is 60.7 Å². The maximum absolute atomic E-state index is 10.8. The van der Waals surface area contributed by atoms with E-state index in [-0.39, 0.29) is 0 Å². The number of aliphatic carboxylic acids is 2. The number of quaternary nitrogens is 2. The van der Waals surface area contributed by atoms with E-state index in [0.717, 1.165) is 0 Å². The predicted molar refractivity (Wildman–Crippen MR) is 105 cm³/mol. The summed E-state index contributed by atoms with van der Waals surface area (Å²) in [7, 11) is 0. The Kier molecular flexibility index (Phi) is 8.01. The van der Waals surface area contributed by atoms with E-state index in [4.69, 9.17) is 9.47 Å². The summed E-state index contributed by atoms with van der Waals surface area (Å²) in [5.74, 6) is -1.30. The molecule has 6 atom stereocenters. The van der Waals surface area contributed by atoms with Gasteiger partial charge >= 0.3 is 0 Å². The number of carboxylic acids is 2. The summed E-state index contributed by atoms with van der Waals surface area (Å²) < 4.78 is 11.0. The predicted octanol–water partition coefficient (Wildman–Crippen LogP) is -5.02. The molecule has 2 aliphatic heterocycles. The molecule has 0 amide bonds. The minimum atomic E-state index is -1.26. The van der Waals surface area contributed by atoms with Gasteiger partial charge in [0, 0.05) is 0 Å². The topological polar surface area (TPSA) is 172 Å². The molecule has 2 fully saturated rings. The largest absolute Gasteiger partial charge is 0.544 e. The Morgan fingerprint density at radius 1 is 0.781 bits per heavy atom. The Hall–Kier alpha value is -3.18. The van der Waals surface area contributed by atoms with Crippen molar-refractivity contribution in [3.8, 4) is 11.5 Å². The summed E-state index contributed by atoms with van der Waals surface area (Å²) in [6, 6.07) is 16.1. The van der Waals surface area contributed by atoms with Gasteiger partial charge in [-0.1, -0.05) is 36.4 Å². The molecule has 32 heavy (non-hydrogen) atoms. The summed E-state index contributed by atoms with van der Waals surface area (Å²) >= 11 is 0. The Morgan fingerprint density at radius 2 is 1.28 bits per heavy atom. The molecule has 4 rings (SSSR count). The van der Waals surface area contributed by atoms with Crippen molar-refractivity contribution in [2.75, 3.05) is 13.1 Å². The van der Waals surface area contributed by atoms with E-state index < -0.39 is 48.4 Å². The lowest BCUT2D eigenvalue weighted by Crippen LogP contribution is -2.91. The second-order valence-corrected chi connectivity index (χ2v) is 7.56. The highest BCUT2D eigenvalue weighted by Gasteiger charge is 2.42. The second kappa shape index (κ2) is 10.9. The summed E-state index contributed by atoms with van der Waals surface area (Å²) in [6.45, 7) is 0.727. The van der Waals surface area contributed by atoms with E-state index in [0.29, 0.717) is 24.6 Å². The van der Waals surface area contributed by atoms with Crippen molar-refractivity contribution >= 4 is 11.9 Å². The van der Waals surface area contributed by atoms with E-state index >= 15 is 0 Å². The zero-order valence-electron chi connectivity index (χ0n) is 17.2. The van der Waals surface area contributed by atoms with E-state index in [1.165, 1.54) is 10.6 Å². The Labute approximate surface area is 184 Å². The fourth-order valence-corrected chi connectivity index (χ4v) is 3.65. The molecular formula is C22H26N2O8. The number of carboxylic acid groups (broad SMARTS) is 2. The van der Waals surface area contributed by atoms with Crippen LogP contribution >= 0.6 is 0 Å². The number of aliphatic hydroxyl groups excluding tert-OH is 2. The first-order chi connectivity index (χ1) is 15.4. The molecule has 2 aromatic rings.